The molecular weight excluding hydrogens is 388 g/mol. The Morgan fingerprint density at radius 2 is 1.52 bits per heavy atom. The molecule has 2 aromatic rings. The van der Waals surface area contributed by atoms with Crippen molar-refractivity contribution in [3.05, 3.63) is 54.1 Å². The molecule has 0 radical (unpaired) electrons. The topological polar surface area (TPSA) is 75.7 Å². The number of amides is 1. The van der Waals surface area contributed by atoms with Crippen LogP contribution >= 0.6 is 0 Å². The van der Waals surface area contributed by atoms with Crippen LogP contribution in [0.3, 0.4) is 0 Å². The van der Waals surface area contributed by atoms with Crippen LogP contribution in [-0.2, 0) is 14.8 Å². The standard InChI is InChI=1S/C22H30N2O4S/c1-6-24(7-2)29(26,27)21-14-10-19(11-15-21)23-22(25)17(5)28-20-12-8-18(9-13-20)16(3)4/h8-17H,6-7H2,1-5H3,(H,23,25). The lowest BCUT2D eigenvalue weighted by Gasteiger charge is -2.19. The number of hydrogen-bond acceptors (Lipinski definition) is 4. The molecule has 0 aliphatic rings. The number of carbonyl (C=O) groups excluding carboxylic acids is 1. The monoisotopic (exact) mass is 418 g/mol. The van der Waals surface area contributed by atoms with Gasteiger partial charge in [-0.1, -0.05) is 39.8 Å². The summed E-state index contributed by atoms with van der Waals surface area (Å²) >= 11 is 0. The van der Waals surface area contributed by atoms with Crippen LogP contribution in [0.25, 0.3) is 0 Å². The molecule has 29 heavy (non-hydrogen) atoms. The molecule has 0 fully saturated rings. The summed E-state index contributed by atoms with van der Waals surface area (Å²) in [5.74, 6) is 0.744. The first-order chi connectivity index (χ1) is 13.7. The highest BCUT2D eigenvalue weighted by atomic mass is 32.2. The van der Waals surface area contributed by atoms with Crippen molar-refractivity contribution in [1.29, 1.82) is 0 Å². The summed E-state index contributed by atoms with van der Waals surface area (Å²) in [6.45, 7) is 10.3. The second kappa shape index (κ2) is 9.89. The Morgan fingerprint density at radius 3 is 2.00 bits per heavy atom. The van der Waals surface area contributed by atoms with Crippen molar-refractivity contribution in [2.75, 3.05) is 18.4 Å². The van der Waals surface area contributed by atoms with E-state index >= 15 is 0 Å². The molecule has 0 bridgehead atoms. The van der Waals surface area contributed by atoms with Gasteiger partial charge in [0.2, 0.25) is 10.0 Å². The third-order valence-corrected chi connectivity index (χ3v) is 6.76. The third kappa shape index (κ3) is 5.81. The number of nitrogens with one attached hydrogen (secondary N) is 1. The van der Waals surface area contributed by atoms with Crippen molar-refractivity contribution in [2.45, 2.75) is 51.5 Å². The molecule has 1 atom stereocenters. The maximum Gasteiger partial charge on any atom is 0.265 e. The average Bonchev–Trinajstić information content (AvgIpc) is 2.69. The van der Waals surface area contributed by atoms with Crippen molar-refractivity contribution in [1.82, 2.24) is 4.31 Å². The fourth-order valence-electron chi connectivity index (χ4n) is 2.86. The lowest BCUT2D eigenvalue weighted by Crippen LogP contribution is -2.31. The molecular formula is C22H30N2O4S. The van der Waals surface area contributed by atoms with Crippen LogP contribution in [0.4, 0.5) is 5.69 Å². The number of sulfonamides is 1. The Bertz CT molecular complexity index is 903. The predicted molar refractivity (Wildman–Crippen MR) is 116 cm³/mol. The van der Waals surface area contributed by atoms with Gasteiger partial charge in [-0.2, -0.15) is 4.31 Å². The van der Waals surface area contributed by atoms with Crippen molar-refractivity contribution in [3.63, 3.8) is 0 Å². The maximum absolute atomic E-state index is 12.5. The number of benzene rings is 2. The van der Waals surface area contributed by atoms with E-state index in [9.17, 15) is 13.2 Å². The molecule has 0 aliphatic carbocycles. The third-order valence-electron chi connectivity index (χ3n) is 4.69. The molecule has 1 unspecified atom stereocenters. The smallest absolute Gasteiger partial charge is 0.265 e. The van der Waals surface area contributed by atoms with Crippen molar-refractivity contribution >= 4 is 21.6 Å². The number of rotatable bonds is 9. The van der Waals surface area contributed by atoms with Crippen LogP contribution in [0.5, 0.6) is 5.75 Å². The van der Waals surface area contributed by atoms with Gasteiger partial charge in [0, 0.05) is 18.8 Å². The van der Waals surface area contributed by atoms with Gasteiger partial charge in [-0.3, -0.25) is 4.79 Å². The Hall–Kier alpha value is -2.38. The molecule has 0 saturated heterocycles. The van der Waals surface area contributed by atoms with E-state index in [1.54, 1.807) is 32.9 Å². The molecule has 1 N–H and O–H groups in total. The summed E-state index contributed by atoms with van der Waals surface area (Å²) in [5.41, 5.74) is 1.72. The summed E-state index contributed by atoms with van der Waals surface area (Å²) in [6, 6.07) is 13.8. The summed E-state index contributed by atoms with van der Waals surface area (Å²) in [6.07, 6.45) is -0.695. The number of nitrogens with zero attached hydrogens (tertiary/aromatic N) is 1. The van der Waals surface area contributed by atoms with Crippen LogP contribution in [0.1, 0.15) is 46.1 Å². The zero-order chi connectivity index (χ0) is 21.6. The largest absolute Gasteiger partial charge is 0.481 e. The van der Waals surface area contributed by atoms with Gasteiger partial charge in [-0.25, -0.2) is 8.42 Å². The van der Waals surface area contributed by atoms with Gasteiger partial charge in [0.25, 0.3) is 5.91 Å². The van der Waals surface area contributed by atoms with Gasteiger partial charge in [0.05, 0.1) is 4.90 Å². The van der Waals surface area contributed by atoms with Gasteiger partial charge in [0.1, 0.15) is 5.75 Å². The average molecular weight is 419 g/mol. The Balaban J connectivity index is 2.01. The molecule has 0 heterocycles. The quantitative estimate of drug-likeness (QED) is 0.661. The molecule has 0 aliphatic heterocycles. The van der Waals surface area contributed by atoms with E-state index in [1.165, 1.54) is 22.0 Å². The molecule has 2 aromatic carbocycles. The fraction of sp³-hybridized carbons (Fsp3) is 0.409. The van der Waals surface area contributed by atoms with Gasteiger partial charge >= 0.3 is 0 Å². The highest BCUT2D eigenvalue weighted by Crippen LogP contribution is 2.21. The summed E-state index contributed by atoms with van der Waals surface area (Å²) in [5, 5.41) is 2.76. The molecule has 0 aromatic heterocycles. The van der Waals surface area contributed by atoms with Crippen molar-refractivity contribution < 1.29 is 17.9 Å². The minimum atomic E-state index is -3.52. The molecule has 7 heteroatoms. The van der Waals surface area contributed by atoms with E-state index in [-0.39, 0.29) is 10.8 Å². The molecule has 0 saturated carbocycles. The van der Waals surface area contributed by atoms with E-state index in [4.69, 9.17) is 4.74 Å². The van der Waals surface area contributed by atoms with E-state index in [0.717, 1.165) is 0 Å². The number of carbonyl (C=O) groups is 1. The van der Waals surface area contributed by atoms with Crippen LogP contribution in [0.15, 0.2) is 53.4 Å². The Morgan fingerprint density at radius 1 is 0.966 bits per heavy atom. The van der Waals surface area contributed by atoms with E-state index < -0.39 is 16.1 Å². The highest BCUT2D eigenvalue weighted by Gasteiger charge is 2.21. The molecule has 2 rings (SSSR count). The van der Waals surface area contributed by atoms with Gasteiger partial charge in [-0.15, -0.1) is 0 Å². The predicted octanol–water partition coefficient (Wildman–Crippen LogP) is 4.25. The van der Waals surface area contributed by atoms with Crippen molar-refractivity contribution in [2.24, 2.45) is 0 Å². The highest BCUT2D eigenvalue weighted by molar-refractivity contribution is 7.89. The molecule has 1 amide bonds. The zero-order valence-electron chi connectivity index (χ0n) is 17.7. The second-order valence-corrected chi connectivity index (χ2v) is 9.02. The lowest BCUT2D eigenvalue weighted by molar-refractivity contribution is -0.122. The Kier molecular flexibility index (Phi) is 7.81. The molecule has 158 valence electrons. The van der Waals surface area contributed by atoms with E-state index in [2.05, 4.69) is 19.2 Å². The maximum atomic E-state index is 12.5. The van der Waals surface area contributed by atoms with E-state index in [1.807, 2.05) is 24.3 Å². The van der Waals surface area contributed by atoms with Gasteiger partial charge in [0.15, 0.2) is 6.10 Å². The van der Waals surface area contributed by atoms with Gasteiger partial charge < -0.3 is 10.1 Å². The first kappa shape index (κ1) is 22.9. The number of anilines is 1. The number of hydrogen-bond donors (Lipinski definition) is 1. The SMILES string of the molecule is CCN(CC)S(=O)(=O)c1ccc(NC(=O)C(C)Oc2ccc(C(C)C)cc2)cc1. The lowest BCUT2D eigenvalue weighted by atomic mass is 10.0. The molecule has 6 nitrogen and oxygen atoms in total. The summed E-state index contributed by atoms with van der Waals surface area (Å²) < 4.78 is 32.1. The van der Waals surface area contributed by atoms with E-state index in [0.29, 0.717) is 30.4 Å². The van der Waals surface area contributed by atoms with Gasteiger partial charge in [-0.05, 0) is 54.8 Å². The molecule has 0 spiro atoms. The summed E-state index contributed by atoms with van der Waals surface area (Å²) in [4.78, 5) is 12.6. The minimum Gasteiger partial charge on any atom is -0.481 e. The van der Waals surface area contributed by atoms with Crippen LogP contribution in [0, 0.1) is 0 Å². The summed E-state index contributed by atoms with van der Waals surface area (Å²) in [7, 11) is -3.52. The van der Waals surface area contributed by atoms with Crippen molar-refractivity contribution in [3.8, 4) is 5.75 Å². The normalized spacial score (nSPS) is 12.8. The minimum absolute atomic E-state index is 0.203. The first-order valence-corrected chi connectivity index (χ1v) is 11.3. The first-order valence-electron chi connectivity index (χ1n) is 9.86. The Labute approximate surface area is 173 Å². The number of ether oxygens (including phenoxy) is 1. The van der Waals surface area contributed by atoms with Crippen LogP contribution in [-0.4, -0.2) is 37.8 Å². The van der Waals surface area contributed by atoms with Crippen LogP contribution < -0.4 is 10.1 Å². The van der Waals surface area contributed by atoms with Crippen LogP contribution in [0.2, 0.25) is 0 Å². The fourth-order valence-corrected chi connectivity index (χ4v) is 4.31. The second-order valence-electron chi connectivity index (χ2n) is 7.09. The zero-order valence-corrected chi connectivity index (χ0v) is 18.5.